The van der Waals surface area contributed by atoms with Crippen LogP contribution in [0.5, 0.6) is 0 Å². The van der Waals surface area contributed by atoms with Crippen LogP contribution in [0.3, 0.4) is 0 Å². The maximum absolute atomic E-state index is 11.0. The Balaban J connectivity index is 2.01. The standard InChI is InChI=1S/C15H15ClN2O/c1-10-2-7-13(8-14(10)16)18-9-11-3-5-12(6-4-11)15(17)19/h2-8,18H,9H2,1H3,(H2,17,19). The van der Waals surface area contributed by atoms with Gasteiger partial charge in [-0.2, -0.15) is 0 Å². The number of primary amides is 1. The molecule has 0 fully saturated rings. The van der Waals surface area contributed by atoms with Crippen LogP contribution in [0.2, 0.25) is 5.02 Å². The average molecular weight is 275 g/mol. The number of carbonyl (C=O) groups excluding carboxylic acids is 1. The fraction of sp³-hybridized carbons (Fsp3) is 0.133. The lowest BCUT2D eigenvalue weighted by atomic mass is 10.1. The Labute approximate surface area is 117 Å². The van der Waals surface area contributed by atoms with Crippen molar-refractivity contribution in [1.29, 1.82) is 0 Å². The van der Waals surface area contributed by atoms with E-state index < -0.39 is 5.91 Å². The summed E-state index contributed by atoms with van der Waals surface area (Å²) in [7, 11) is 0. The highest BCUT2D eigenvalue weighted by atomic mass is 35.5. The number of amides is 1. The number of aryl methyl sites for hydroxylation is 1. The fourth-order valence-electron chi connectivity index (χ4n) is 1.69. The van der Waals surface area contributed by atoms with E-state index in [1.54, 1.807) is 12.1 Å². The van der Waals surface area contributed by atoms with Crippen molar-refractivity contribution in [2.75, 3.05) is 5.32 Å². The molecule has 19 heavy (non-hydrogen) atoms. The van der Waals surface area contributed by atoms with Crippen LogP contribution in [0, 0.1) is 6.92 Å². The van der Waals surface area contributed by atoms with E-state index in [0.29, 0.717) is 12.1 Å². The van der Waals surface area contributed by atoms with Gasteiger partial charge in [-0.1, -0.05) is 29.8 Å². The SMILES string of the molecule is Cc1ccc(NCc2ccc(C(N)=O)cc2)cc1Cl. The predicted octanol–water partition coefficient (Wildman–Crippen LogP) is 3.36. The third-order valence-corrected chi connectivity index (χ3v) is 3.31. The van der Waals surface area contributed by atoms with Crippen LogP contribution in [-0.2, 0) is 6.54 Å². The largest absolute Gasteiger partial charge is 0.381 e. The molecule has 0 aromatic heterocycles. The first-order chi connectivity index (χ1) is 9.06. The van der Waals surface area contributed by atoms with E-state index in [2.05, 4.69) is 5.32 Å². The first kappa shape index (κ1) is 13.4. The van der Waals surface area contributed by atoms with Crippen LogP contribution in [0.25, 0.3) is 0 Å². The molecule has 0 saturated carbocycles. The van der Waals surface area contributed by atoms with Crippen molar-refractivity contribution >= 4 is 23.2 Å². The quantitative estimate of drug-likeness (QED) is 0.898. The number of anilines is 1. The van der Waals surface area contributed by atoms with E-state index in [9.17, 15) is 4.79 Å². The first-order valence-electron chi connectivity index (χ1n) is 5.95. The minimum Gasteiger partial charge on any atom is -0.381 e. The summed E-state index contributed by atoms with van der Waals surface area (Å²) in [6.45, 7) is 2.63. The molecule has 3 nitrogen and oxygen atoms in total. The van der Waals surface area contributed by atoms with Crippen molar-refractivity contribution in [3.63, 3.8) is 0 Å². The van der Waals surface area contributed by atoms with Gasteiger partial charge in [0.05, 0.1) is 0 Å². The molecule has 0 aliphatic rings. The van der Waals surface area contributed by atoms with Gasteiger partial charge >= 0.3 is 0 Å². The highest BCUT2D eigenvalue weighted by molar-refractivity contribution is 6.31. The number of nitrogens with one attached hydrogen (secondary N) is 1. The second-order valence-corrected chi connectivity index (χ2v) is 4.79. The highest BCUT2D eigenvalue weighted by Crippen LogP contribution is 2.20. The summed E-state index contributed by atoms with van der Waals surface area (Å²) >= 11 is 6.06. The summed E-state index contributed by atoms with van der Waals surface area (Å²) in [6.07, 6.45) is 0. The summed E-state index contributed by atoms with van der Waals surface area (Å²) < 4.78 is 0. The molecule has 98 valence electrons. The summed E-state index contributed by atoms with van der Waals surface area (Å²) in [6, 6.07) is 13.1. The molecule has 2 aromatic carbocycles. The molecule has 0 saturated heterocycles. The second kappa shape index (κ2) is 5.76. The number of rotatable bonds is 4. The van der Waals surface area contributed by atoms with Crippen molar-refractivity contribution in [2.45, 2.75) is 13.5 Å². The van der Waals surface area contributed by atoms with Crippen LogP contribution >= 0.6 is 11.6 Å². The summed E-state index contributed by atoms with van der Waals surface area (Å²) in [5.74, 6) is -0.412. The minimum absolute atomic E-state index is 0.412. The molecule has 0 atom stereocenters. The van der Waals surface area contributed by atoms with Crippen molar-refractivity contribution in [3.05, 3.63) is 64.2 Å². The van der Waals surface area contributed by atoms with Crippen LogP contribution in [0.15, 0.2) is 42.5 Å². The number of hydrogen-bond acceptors (Lipinski definition) is 2. The molecule has 4 heteroatoms. The molecule has 0 radical (unpaired) electrons. The van der Waals surface area contributed by atoms with Gasteiger partial charge in [0.25, 0.3) is 0 Å². The Bertz CT molecular complexity index is 594. The molecule has 0 bridgehead atoms. The van der Waals surface area contributed by atoms with Crippen molar-refractivity contribution in [2.24, 2.45) is 5.73 Å². The van der Waals surface area contributed by atoms with Gasteiger partial charge in [0.15, 0.2) is 0 Å². The van der Waals surface area contributed by atoms with E-state index in [1.165, 1.54) is 0 Å². The Morgan fingerprint density at radius 1 is 1.21 bits per heavy atom. The summed E-state index contributed by atoms with van der Waals surface area (Å²) in [4.78, 5) is 11.0. The van der Waals surface area contributed by atoms with E-state index in [-0.39, 0.29) is 0 Å². The number of benzene rings is 2. The molecule has 0 spiro atoms. The Hall–Kier alpha value is -2.00. The third-order valence-electron chi connectivity index (χ3n) is 2.91. The first-order valence-corrected chi connectivity index (χ1v) is 6.33. The predicted molar refractivity (Wildman–Crippen MR) is 78.5 cm³/mol. The van der Waals surface area contributed by atoms with Gasteiger partial charge in [-0.05, 0) is 42.3 Å². The number of hydrogen-bond donors (Lipinski definition) is 2. The molecule has 0 heterocycles. The molecule has 1 amide bonds. The minimum atomic E-state index is -0.412. The molecule has 0 unspecified atom stereocenters. The van der Waals surface area contributed by atoms with Gasteiger partial charge in [-0.3, -0.25) is 4.79 Å². The maximum Gasteiger partial charge on any atom is 0.248 e. The Kier molecular flexibility index (Phi) is 4.07. The van der Waals surface area contributed by atoms with Gasteiger partial charge < -0.3 is 11.1 Å². The van der Waals surface area contributed by atoms with E-state index in [0.717, 1.165) is 21.8 Å². The second-order valence-electron chi connectivity index (χ2n) is 4.38. The maximum atomic E-state index is 11.0. The van der Waals surface area contributed by atoms with Crippen molar-refractivity contribution < 1.29 is 4.79 Å². The average Bonchev–Trinajstić information content (AvgIpc) is 2.40. The fourth-order valence-corrected chi connectivity index (χ4v) is 1.87. The van der Waals surface area contributed by atoms with Crippen LogP contribution in [0.4, 0.5) is 5.69 Å². The summed E-state index contributed by atoms with van der Waals surface area (Å²) in [5, 5.41) is 4.02. The highest BCUT2D eigenvalue weighted by Gasteiger charge is 2.01. The number of halogens is 1. The normalized spacial score (nSPS) is 10.2. The zero-order chi connectivity index (χ0) is 13.8. The molecule has 2 rings (SSSR count). The molecule has 0 aliphatic heterocycles. The number of nitrogens with two attached hydrogens (primary N) is 1. The van der Waals surface area contributed by atoms with Gasteiger partial charge in [0, 0.05) is 22.8 Å². The van der Waals surface area contributed by atoms with Gasteiger partial charge in [0.2, 0.25) is 5.91 Å². The van der Waals surface area contributed by atoms with Crippen LogP contribution in [0.1, 0.15) is 21.5 Å². The van der Waals surface area contributed by atoms with E-state index in [1.807, 2.05) is 37.3 Å². The molecule has 3 N–H and O–H groups in total. The lowest BCUT2D eigenvalue weighted by molar-refractivity contribution is 0.100. The van der Waals surface area contributed by atoms with E-state index >= 15 is 0 Å². The lowest BCUT2D eigenvalue weighted by Crippen LogP contribution is -2.10. The monoisotopic (exact) mass is 274 g/mol. The Morgan fingerprint density at radius 3 is 2.47 bits per heavy atom. The zero-order valence-corrected chi connectivity index (χ0v) is 11.4. The van der Waals surface area contributed by atoms with Crippen molar-refractivity contribution in [3.8, 4) is 0 Å². The topological polar surface area (TPSA) is 55.1 Å². The van der Waals surface area contributed by atoms with Gasteiger partial charge in [0.1, 0.15) is 0 Å². The molecule has 2 aromatic rings. The van der Waals surface area contributed by atoms with Gasteiger partial charge in [-0.25, -0.2) is 0 Å². The molecule has 0 aliphatic carbocycles. The van der Waals surface area contributed by atoms with Gasteiger partial charge in [-0.15, -0.1) is 0 Å². The third kappa shape index (κ3) is 3.48. The van der Waals surface area contributed by atoms with Crippen molar-refractivity contribution in [1.82, 2.24) is 0 Å². The molecular weight excluding hydrogens is 260 g/mol. The Morgan fingerprint density at radius 2 is 1.89 bits per heavy atom. The van der Waals surface area contributed by atoms with Crippen LogP contribution in [-0.4, -0.2) is 5.91 Å². The summed E-state index contributed by atoms with van der Waals surface area (Å²) in [5.41, 5.74) is 8.80. The van der Waals surface area contributed by atoms with E-state index in [4.69, 9.17) is 17.3 Å². The smallest absolute Gasteiger partial charge is 0.248 e. The zero-order valence-electron chi connectivity index (χ0n) is 10.6. The number of carbonyl (C=O) groups is 1. The lowest BCUT2D eigenvalue weighted by Gasteiger charge is -2.08. The molecular formula is C15H15ClN2O. The van der Waals surface area contributed by atoms with Crippen LogP contribution < -0.4 is 11.1 Å².